The Balaban J connectivity index is 2.55. The maximum absolute atomic E-state index is 13.7. The van der Waals surface area contributed by atoms with Gasteiger partial charge in [-0.3, -0.25) is 0 Å². The van der Waals surface area contributed by atoms with Gasteiger partial charge in [0, 0.05) is 17.8 Å². The van der Waals surface area contributed by atoms with Crippen LogP contribution in [0.3, 0.4) is 0 Å². The van der Waals surface area contributed by atoms with E-state index in [-0.39, 0.29) is 11.3 Å². The Kier molecular flexibility index (Phi) is 2.95. The van der Waals surface area contributed by atoms with Gasteiger partial charge in [0.05, 0.1) is 12.7 Å². The summed E-state index contributed by atoms with van der Waals surface area (Å²) in [5.41, 5.74) is 6.43. The smallest absolute Gasteiger partial charge is 0.137 e. The van der Waals surface area contributed by atoms with E-state index in [1.165, 1.54) is 7.11 Å². The zero-order chi connectivity index (χ0) is 12.4. The molecule has 0 aliphatic rings. The molecule has 88 valence electrons. The van der Waals surface area contributed by atoms with E-state index in [2.05, 4.69) is 0 Å². The molecule has 2 rings (SSSR count). The van der Waals surface area contributed by atoms with Crippen LogP contribution in [0.2, 0.25) is 0 Å². The third-order valence-electron chi connectivity index (χ3n) is 2.45. The van der Waals surface area contributed by atoms with Crippen molar-refractivity contribution in [3.8, 4) is 16.9 Å². The number of hydrogen-bond acceptors (Lipinski definition) is 2. The summed E-state index contributed by atoms with van der Waals surface area (Å²) >= 11 is 0. The normalized spacial score (nSPS) is 10.3. The highest BCUT2D eigenvalue weighted by atomic mass is 19.1. The lowest BCUT2D eigenvalue weighted by molar-refractivity contribution is 0.407. The molecule has 4 heteroatoms. The van der Waals surface area contributed by atoms with E-state index in [0.717, 1.165) is 12.1 Å². The summed E-state index contributed by atoms with van der Waals surface area (Å²) in [6.45, 7) is 0. The minimum Gasteiger partial charge on any atom is -0.497 e. The van der Waals surface area contributed by atoms with E-state index >= 15 is 0 Å². The summed E-state index contributed by atoms with van der Waals surface area (Å²) in [4.78, 5) is 0. The fourth-order valence-electron chi connectivity index (χ4n) is 1.59. The molecule has 0 spiro atoms. The summed E-state index contributed by atoms with van der Waals surface area (Å²) in [6.07, 6.45) is 0. The van der Waals surface area contributed by atoms with Gasteiger partial charge in [-0.25, -0.2) is 8.78 Å². The number of hydrogen-bond donors (Lipinski definition) is 1. The molecule has 0 heterocycles. The van der Waals surface area contributed by atoms with Crippen molar-refractivity contribution in [1.29, 1.82) is 0 Å². The molecule has 2 aromatic rings. The van der Waals surface area contributed by atoms with Crippen molar-refractivity contribution in [3.63, 3.8) is 0 Å². The first-order chi connectivity index (χ1) is 8.11. The Bertz CT molecular complexity index is 515. The molecule has 0 aliphatic heterocycles. The molecule has 0 aromatic heterocycles. The van der Waals surface area contributed by atoms with Crippen molar-refractivity contribution in [1.82, 2.24) is 0 Å². The zero-order valence-corrected chi connectivity index (χ0v) is 9.21. The molecule has 17 heavy (non-hydrogen) atoms. The fourth-order valence-corrected chi connectivity index (χ4v) is 1.59. The van der Waals surface area contributed by atoms with Crippen LogP contribution in [0.1, 0.15) is 0 Å². The number of nitrogen functional groups attached to an aromatic ring is 1. The van der Waals surface area contributed by atoms with E-state index in [1.54, 1.807) is 24.3 Å². The molecule has 0 radical (unpaired) electrons. The van der Waals surface area contributed by atoms with Crippen molar-refractivity contribution < 1.29 is 13.5 Å². The van der Waals surface area contributed by atoms with Crippen molar-refractivity contribution in [2.24, 2.45) is 0 Å². The van der Waals surface area contributed by atoms with Crippen LogP contribution in [0.15, 0.2) is 36.4 Å². The van der Waals surface area contributed by atoms with Crippen molar-refractivity contribution in [2.75, 3.05) is 12.8 Å². The molecular weight excluding hydrogens is 224 g/mol. The van der Waals surface area contributed by atoms with E-state index in [1.807, 2.05) is 0 Å². The number of methoxy groups -OCH3 is 1. The van der Waals surface area contributed by atoms with E-state index in [4.69, 9.17) is 10.5 Å². The maximum atomic E-state index is 13.7. The van der Waals surface area contributed by atoms with E-state index in [0.29, 0.717) is 11.3 Å². The standard InChI is InChI=1S/C13H11F2NO/c1-17-10-6-11(14)13(12(15)7-10)8-2-4-9(16)5-3-8/h2-7H,16H2,1H3. The summed E-state index contributed by atoms with van der Waals surface area (Å²) in [5, 5.41) is 0. The zero-order valence-electron chi connectivity index (χ0n) is 9.21. The lowest BCUT2D eigenvalue weighted by Crippen LogP contribution is -1.93. The van der Waals surface area contributed by atoms with Gasteiger partial charge in [-0.2, -0.15) is 0 Å². The second kappa shape index (κ2) is 4.41. The van der Waals surface area contributed by atoms with Crippen LogP contribution in [0.4, 0.5) is 14.5 Å². The van der Waals surface area contributed by atoms with Crippen molar-refractivity contribution in [2.45, 2.75) is 0 Å². The first kappa shape index (κ1) is 11.4. The van der Waals surface area contributed by atoms with Gasteiger partial charge in [0.25, 0.3) is 0 Å². The molecular formula is C13H11F2NO. The number of halogens is 2. The van der Waals surface area contributed by atoms with Gasteiger partial charge >= 0.3 is 0 Å². The Labute approximate surface area is 97.6 Å². The Hall–Kier alpha value is -2.10. The quantitative estimate of drug-likeness (QED) is 0.811. The number of rotatable bonds is 2. The highest BCUT2D eigenvalue weighted by molar-refractivity contribution is 5.67. The van der Waals surface area contributed by atoms with Gasteiger partial charge in [0.2, 0.25) is 0 Å². The highest BCUT2D eigenvalue weighted by Crippen LogP contribution is 2.29. The molecule has 2 N–H and O–H groups in total. The summed E-state index contributed by atoms with van der Waals surface area (Å²) in [6, 6.07) is 8.63. The van der Waals surface area contributed by atoms with Crippen LogP contribution < -0.4 is 10.5 Å². The van der Waals surface area contributed by atoms with Crippen LogP contribution >= 0.6 is 0 Å². The van der Waals surface area contributed by atoms with Gasteiger partial charge in [-0.15, -0.1) is 0 Å². The van der Waals surface area contributed by atoms with Crippen molar-refractivity contribution in [3.05, 3.63) is 48.0 Å². The van der Waals surface area contributed by atoms with Gasteiger partial charge in [-0.1, -0.05) is 12.1 Å². The molecule has 0 aliphatic carbocycles. The van der Waals surface area contributed by atoms with E-state index < -0.39 is 11.6 Å². The van der Waals surface area contributed by atoms with Crippen LogP contribution in [-0.4, -0.2) is 7.11 Å². The van der Waals surface area contributed by atoms with Crippen molar-refractivity contribution >= 4 is 5.69 Å². The summed E-state index contributed by atoms with van der Waals surface area (Å²) in [7, 11) is 1.36. The lowest BCUT2D eigenvalue weighted by atomic mass is 10.0. The molecule has 2 nitrogen and oxygen atoms in total. The molecule has 0 amide bonds. The molecule has 0 saturated heterocycles. The first-order valence-corrected chi connectivity index (χ1v) is 5.01. The second-order valence-electron chi connectivity index (χ2n) is 3.59. The molecule has 2 aromatic carbocycles. The van der Waals surface area contributed by atoms with Crippen LogP contribution in [0.5, 0.6) is 5.75 Å². The SMILES string of the molecule is COc1cc(F)c(-c2ccc(N)cc2)c(F)c1. The summed E-state index contributed by atoms with van der Waals surface area (Å²) in [5.74, 6) is -1.17. The number of ether oxygens (including phenoxy) is 1. The highest BCUT2D eigenvalue weighted by Gasteiger charge is 2.13. The predicted octanol–water partition coefficient (Wildman–Crippen LogP) is 3.22. The van der Waals surface area contributed by atoms with Crippen LogP contribution in [0, 0.1) is 11.6 Å². The predicted molar refractivity (Wildman–Crippen MR) is 62.8 cm³/mol. The molecule has 0 atom stereocenters. The minimum atomic E-state index is -0.661. The van der Waals surface area contributed by atoms with E-state index in [9.17, 15) is 8.78 Å². The van der Waals surface area contributed by atoms with Crippen LogP contribution in [0.25, 0.3) is 11.1 Å². The van der Waals surface area contributed by atoms with Gasteiger partial charge in [0.15, 0.2) is 0 Å². The third-order valence-corrected chi connectivity index (χ3v) is 2.45. The average Bonchev–Trinajstić information content (AvgIpc) is 2.30. The topological polar surface area (TPSA) is 35.2 Å². The second-order valence-corrected chi connectivity index (χ2v) is 3.59. The molecule has 0 unspecified atom stereocenters. The largest absolute Gasteiger partial charge is 0.497 e. The number of nitrogens with two attached hydrogens (primary N) is 1. The Morgan fingerprint density at radius 3 is 2.00 bits per heavy atom. The molecule has 0 bridgehead atoms. The Morgan fingerprint density at radius 1 is 1.00 bits per heavy atom. The lowest BCUT2D eigenvalue weighted by Gasteiger charge is -2.08. The fraction of sp³-hybridized carbons (Fsp3) is 0.0769. The number of benzene rings is 2. The number of anilines is 1. The Morgan fingerprint density at radius 2 is 1.53 bits per heavy atom. The minimum absolute atomic E-state index is 0.0780. The van der Waals surface area contributed by atoms with Gasteiger partial charge in [-0.05, 0) is 17.7 Å². The molecule has 0 fully saturated rings. The monoisotopic (exact) mass is 235 g/mol. The summed E-state index contributed by atoms with van der Waals surface area (Å²) < 4.78 is 32.3. The first-order valence-electron chi connectivity index (χ1n) is 5.01. The third kappa shape index (κ3) is 2.20. The van der Waals surface area contributed by atoms with Crippen LogP contribution in [-0.2, 0) is 0 Å². The average molecular weight is 235 g/mol. The molecule has 0 saturated carbocycles. The van der Waals surface area contributed by atoms with Gasteiger partial charge < -0.3 is 10.5 Å². The maximum Gasteiger partial charge on any atom is 0.137 e. The van der Waals surface area contributed by atoms with Gasteiger partial charge in [0.1, 0.15) is 17.4 Å².